The molecule has 1 aromatic carbocycles. The first kappa shape index (κ1) is 19.2. The van der Waals surface area contributed by atoms with Crippen molar-refractivity contribution in [2.45, 2.75) is 13.8 Å². The van der Waals surface area contributed by atoms with Gasteiger partial charge in [-0.3, -0.25) is 9.59 Å². The summed E-state index contributed by atoms with van der Waals surface area (Å²) in [5.41, 5.74) is 0. The summed E-state index contributed by atoms with van der Waals surface area (Å²) in [6.45, 7) is 3.89. The molecule has 0 saturated heterocycles. The van der Waals surface area contributed by atoms with Crippen molar-refractivity contribution >= 4 is 50.8 Å². The Morgan fingerprint density at radius 2 is 1.96 bits per heavy atom. The molecule has 2 aromatic rings. The highest BCUT2D eigenvalue weighted by atomic mass is 35.5. The van der Waals surface area contributed by atoms with Crippen LogP contribution in [0.3, 0.4) is 0 Å². The van der Waals surface area contributed by atoms with E-state index < -0.39 is 18.5 Å². The first-order chi connectivity index (χ1) is 12.0. The maximum atomic E-state index is 12.2. The molecule has 0 unspecified atom stereocenters. The van der Waals surface area contributed by atoms with Crippen LogP contribution >= 0.6 is 22.9 Å². The summed E-state index contributed by atoms with van der Waals surface area (Å²) in [4.78, 5) is 37.6. The van der Waals surface area contributed by atoms with E-state index in [0.29, 0.717) is 18.1 Å². The lowest BCUT2D eigenvalue weighted by Crippen LogP contribution is -2.42. The van der Waals surface area contributed by atoms with Crippen LogP contribution in [0.4, 0.5) is 0 Å². The zero-order valence-corrected chi connectivity index (χ0v) is 15.6. The molecule has 0 atom stereocenters. The largest absolute Gasteiger partial charge is 0.451 e. The lowest BCUT2D eigenvalue weighted by atomic mass is 10.2. The van der Waals surface area contributed by atoms with Gasteiger partial charge in [0.1, 0.15) is 4.88 Å². The average molecular weight is 383 g/mol. The van der Waals surface area contributed by atoms with Gasteiger partial charge in [0.05, 0.1) is 11.6 Å². The highest BCUT2D eigenvalue weighted by Crippen LogP contribution is 2.35. The molecule has 0 aliphatic heterocycles. The van der Waals surface area contributed by atoms with Gasteiger partial charge in [0.15, 0.2) is 6.61 Å². The van der Waals surface area contributed by atoms with Crippen LogP contribution < -0.4 is 5.32 Å². The Kier molecular flexibility index (Phi) is 6.78. The lowest BCUT2D eigenvalue weighted by Gasteiger charge is -2.19. The van der Waals surface area contributed by atoms with Crippen molar-refractivity contribution < 1.29 is 19.1 Å². The van der Waals surface area contributed by atoms with E-state index in [1.54, 1.807) is 13.8 Å². The molecule has 1 N–H and O–H groups in total. The van der Waals surface area contributed by atoms with E-state index in [9.17, 15) is 14.4 Å². The van der Waals surface area contributed by atoms with Gasteiger partial charge < -0.3 is 15.0 Å². The minimum Gasteiger partial charge on any atom is -0.451 e. The molecule has 0 aliphatic rings. The molecule has 0 bridgehead atoms. The van der Waals surface area contributed by atoms with Crippen LogP contribution in [0, 0.1) is 0 Å². The molecule has 0 spiro atoms. The number of thiophene rings is 1. The van der Waals surface area contributed by atoms with Gasteiger partial charge in [-0.25, -0.2) is 4.79 Å². The van der Waals surface area contributed by atoms with Crippen molar-refractivity contribution in [1.29, 1.82) is 0 Å². The van der Waals surface area contributed by atoms with E-state index >= 15 is 0 Å². The number of carbonyl (C=O) groups excluding carboxylic acids is 3. The van der Waals surface area contributed by atoms with E-state index in [-0.39, 0.29) is 17.3 Å². The normalized spacial score (nSPS) is 10.5. The molecule has 134 valence electrons. The summed E-state index contributed by atoms with van der Waals surface area (Å²) in [5, 5.41) is 3.73. The quantitative estimate of drug-likeness (QED) is 0.747. The van der Waals surface area contributed by atoms with E-state index in [0.717, 1.165) is 10.1 Å². The van der Waals surface area contributed by atoms with Crippen LogP contribution in [0.15, 0.2) is 24.3 Å². The van der Waals surface area contributed by atoms with Crippen molar-refractivity contribution in [3.05, 3.63) is 34.2 Å². The maximum absolute atomic E-state index is 12.2. The molecule has 1 aromatic heterocycles. The highest BCUT2D eigenvalue weighted by Gasteiger charge is 2.21. The van der Waals surface area contributed by atoms with Crippen LogP contribution in [0.5, 0.6) is 0 Å². The summed E-state index contributed by atoms with van der Waals surface area (Å²) >= 11 is 7.44. The van der Waals surface area contributed by atoms with E-state index in [1.165, 1.54) is 16.2 Å². The molecule has 1 heterocycles. The zero-order chi connectivity index (χ0) is 18.4. The lowest BCUT2D eigenvalue weighted by molar-refractivity contribution is -0.138. The molecule has 8 heteroatoms. The van der Waals surface area contributed by atoms with Gasteiger partial charge in [0, 0.05) is 23.2 Å². The first-order valence-corrected chi connectivity index (χ1v) is 9.06. The second-order valence-corrected chi connectivity index (χ2v) is 6.61. The number of nitrogens with one attached hydrogen (secondary N) is 1. The number of carbonyl (C=O) groups is 3. The molecule has 0 radical (unpaired) electrons. The van der Waals surface area contributed by atoms with E-state index in [1.807, 2.05) is 24.3 Å². The van der Waals surface area contributed by atoms with Crippen LogP contribution in [0.25, 0.3) is 10.1 Å². The number of hydrogen-bond donors (Lipinski definition) is 1. The number of nitrogens with zero attached hydrogens (tertiary/aromatic N) is 1. The van der Waals surface area contributed by atoms with Crippen molar-refractivity contribution in [2.24, 2.45) is 0 Å². The second-order valence-electron chi connectivity index (χ2n) is 5.18. The number of benzene rings is 1. The summed E-state index contributed by atoms with van der Waals surface area (Å²) in [5.74, 6) is -1.33. The molecule has 6 nitrogen and oxygen atoms in total. The van der Waals surface area contributed by atoms with Crippen molar-refractivity contribution in [3.8, 4) is 0 Å². The minimum atomic E-state index is -0.645. The Labute approximate surface area is 154 Å². The number of likely N-dealkylation sites (N-methyl/N-ethyl adjacent to an activating group) is 2. The Bertz CT molecular complexity index is 790. The molecule has 0 fully saturated rings. The smallest absolute Gasteiger partial charge is 0.350 e. The van der Waals surface area contributed by atoms with E-state index in [2.05, 4.69) is 5.32 Å². The number of ether oxygens (including phenoxy) is 1. The third-order valence-corrected chi connectivity index (χ3v) is 5.15. The first-order valence-electron chi connectivity index (χ1n) is 7.86. The predicted molar refractivity (Wildman–Crippen MR) is 98.1 cm³/mol. The number of esters is 1. The Morgan fingerprint density at radius 1 is 1.24 bits per heavy atom. The molecular weight excluding hydrogens is 364 g/mol. The average Bonchev–Trinajstić information content (AvgIpc) is 2.95. The fraction of sp³-hybridized carbons (Fsp3) is 0.353. The van der Waals surface area contributed by atoms with Gasteiger partial charge in [-0.15, -0.1) is 11.3 Å². The Morgan fingerprint density at radius 3 is 2.60 bits per heavy atom. The number of rotatable bonds is 7. The maximum Gasteiger partial charge on any atom is 0.350 e. The SMILES string of the molecule is CCNC(=O)CN(CC)C(=O)COC(=O)c1sc2ccccc2c1Cl. The summed E-state index contributed by atoms with van der Waals surface area (Å²) in [6, 6.07) is 7.37. The monoisotopic (exact) mass is 382 g/mol. The van der Waals surface area contributed by atoms with Gasteiger partial charge in [0.2, 0.25) is 5.91 Å². The fourth-order valence-electron chi connectivity index (χ4n) is 2.23. The fourth-order valence-corrected chi connectivity index (χ4v) is 3.63. The van der Waals surface area contributed by atoms with Crippen LogP contribution in [0.2, 0.25) is 5.02 Å². The highest BCUT2D eigenvalue weighted by molar-refractivity contribution is 7.21. The van der Waals surface area contributed by atoms with Crippen LogP contribution in [-0.2, 0) is 14.3 Å². The number of hydrogen-bond acceptors (Lipinski definition) is 5. The Balaban J connectivity index is 1.99. The second kappa shape index (κ2) is 8.82. The molecule has 2 rings (SSSR count). The zero-order valence-electron chi connectivity index (χ0n) is 14.0. The molecule has 25 heavy (non-hydrogen) atoms. The van der Waals surface area contributed by atoms with Crippen LogP contribution in [0.1, 0.15) is 23.5 Å². The summed E-state index contributed by atoms with van der Waals surface area (Å²) in [7, 11) is 0. The van der Waals surface area contributed by atoms with Gasteiger partial charge in [0.25, 0.3) is 5.91 Å². The van der Waals surface area contributed by atoms with Crippen molar-refractivity contribution in [1.82, 2.24) is 10.2 Å². The third-order valence-electron chi connectivity index (χ3n) is 3.49. The third kappa shape index (κ3) is 4.70. The molecule has 0 saturated carbocycles. The van der Waals surface area contributed by atoms with Crippen LogP contribution in [-0.4, -0.2) is 48.9 Å². The van der Waals surface area contributed by atoms with Crippen molar-refractivity contribution in [2.75, 3.05) is 26.2 Å². The molecule has 0 aliphatic carbocycles. The minimum absolute atomic E-state index is 0.0651. The summed E-state index contributed by atoms with van der Waals surface area (Å²) in [6.07, 6.45) is 0. The number of halogens is 1. The van der Waals surface area contributed by atoms with Crippen molar-refractivity contribution in [3.63, 3.8) is 0 Å². The number of fused-ring (bicyclic) bond motifs is 1. The number of amides is 2. The summed E-state index contributed by atoms with van der Waals surface area (Å²) < 4.78 is 5.96. The Hall–Kier alpha value is -2.12. The molecule has 2 amide bonds. The van der Waals surface area contributed by atoms with Gasteiger partial charge in [-0.1, -0.05) is 29.8 Å². The predicted octanol–water partition coefficient (Wildman–Crippen LogP) is 2.70. The molecular formula is C17H19ClN2O4S. The topological polar surface area (TPSA) is 75.7 Å². The van der Waals surface area contributed by atoms with Gasteiger partial charge in [-0.05, 0) is 19.9 Å². The van der Waals surface area contributed by atoms with Gasteiger partial charge >= 0.3 is 5.97 Å². The van der Waals surface area contributed by atoms with Gasteiger partial charge in [-0.2, -0.15) is 0 Å². The standard InChI is InChI=1S/C17H19ClN2O4S/c1-3-19-13(21)9-20(4-2)14(22)10-24-17(23)16-15(18)11-7-5-6-8-12(11)25-16/h5-8H,3-4,9-10H2,1-2H3,(H,19,21). The van der Waals surface area contributed by atoms with E-state index in [4.69, 9.17) is 16.3 Å².